The zero-order valence-corrected chi connectivity index (χ0v) is 14.6. The number of carbonyl (C=O) groups is 2. The molecule has 1 rings (SSSR count). The molecule has 0 radical (unpaired) electrons. The third kappa shape index (κ3) is 5.99. The van der Waals surface area contributed by atoms with Gasteiger partial charge >= 0.3 is 6.03 Å². The van der Waals surface area contributed by atoms with E-state index in [-0.39, 0.29) is 23.3 Å². The van der Waals surface area contributed by atoms with E-state index < -0.39 is 15.9 Å². The number of urea groups is 1. The molecule has 128 valence electrons. The number of nitrogens with one attached hydrogen (secondary N) is 2. The first-order valence-electron chi connectivity index (χ1n) is 7.17. The van der Waals surface area contributed by atoms with Crippen LogP contribution in [0.1, 0.15) is 24.9 Å². The molecule has 0 aromatic heterocycles. The maximum absolute atomic E-state index is 11.6. The van der Waals surface area contributed by atoms with Gasteiger partial charge in [-0.2, -0.15) is 0 Å². The van der Waals surface area contributed by atoms with Gasteiger partial charge in [0, 0.05) is 32.3 Å². The summed E-state index contributed by atoms with van der Waals surface area (Å²) in [5, 5.41) is 4.52. The third-order valence-electron chi connectivity index (χ3n) is 3.62. The van der Waals surface area contributed by atoms with Crippen LogP contribution in [-0.4, -0.2) is 52.2 Å². The molecule has 0 fully saturated rings. The number of nitrogens with zero attached hydrogens (tertiary/aromatic N) is 1. The van der Waals surface area contributed by atoms with Crippen molar-refractivity contribution in [3.05, 3.63) is 29.8 Å². The van der Waals surface area contributed by atoms with E-state index in [1.807, 2.05) is 18.9 Å². The SMILES string of the molecule is CNC(=O)NC(=O)CCN(C)[C@@H](C)c1ccc(S(C)(=O)=O)cc1. The molecule has 1 aromatic carbocycles. The quantitative estimate of drug-likeness (QED) is 0.802. The fourth-order valence-corrected chi connectivity index (χ4v) is 2.60. The molecule has 1 aromatic rings. The van der Waals surface area contributed by atoms with Gasteiger partial charge in [0.2, 0.25) is 5.91 Å². The normalized spacial score (nSPS) is 12.7. The van der Waals surface area contributed by atoms with Crippen molar-refractivity contribution < 1.29 is 18.0 Å². The number of hydrogen-bond donors (Lipinski definition) is 2. The minimum Gasteiger partial charge on any atom is -0.341 e. The highest BCUT2D eigenvalue weighted by Gasteiger charge is 2.15. The summed E-state index contributed by atoms with van der Waals surface area (Å²) in [5.41, 5.74) is 0.951. The van der Waals surface area contributed by atoms with Crippen molar-refractivity contribution in [2.24, 2.45) is 0 Å². The summed E-state index contributed by atoms with van der Waals surface area (Å²) in [5.74, 6) is -0.351. The molecule has 0 heterocycles. The molecule has 0 saturated heterocycles. The van der Waals surface area contributed by atoms with E-state index in [2.05, 4.69) is 10.6 Å². The third-order valence-corrected chi connectivity index (χ3v) is 4.75. The van der Waals surface area contributed by atoms with E-state index in [1.165, 1.54) is 13.3 Å². The minimum absolute atomic E-state index is 0.0106. The highest BCUT2D eigenvalue weighted by molar-refractivity contribution is 7.90. The Morgan fingerprint density at radius 1 is 1.22 bits per heavy atom. The van der Waals surface area contributed by atoms with Crippen LogP contribution in [0.15, 0.2) is 29.2 Å². The fraction of sp³-hybridized carbons (Fsp3) is 0.467. The van der Waals surface area contributed by atoms with E-state index >= 15 is 0 Å². The zero-order valence-electron chi connectivity index (χ0n) is 13.8. The lowest BCUT2D eigenvalue weighted by molar-refractivity contribution is -0.120. The molecule has 1 atom stereocenters. The van der Waals surface area contributed by atoms with Crippen LogP contribution >= 0.6 is 0 Å². The Balaban J connectivity index is 2.61. The second-order valence-electron chi connectivity index (χ2n) is 5.38. The summed E-state index contributed by atoms with van der Waals surface area (Å²) in [6.07, 6.45) is 1.36. The molecule has 0 aliphatic carbocycles. The smallest absolute Gasteiger partial charge is 0.321 e. The van der Waals surface area contributed by atoms with E-state index in [1.54, 1.807) is 24.3 Å². The topological polar surface area (TPSA) is 95.6 Å². The fourth-order valence-electron chi connectivity index (χ4n) is 1.97. The number of sulfone groups is 1. The summed E-state index contributed by atoms with van der Waals surface area (Å²) in [6, 6.07) is 6.17. The van der Waals surface area contributed by atoms with E-state index in [0.29, 0.717) is 6.54 Å². The van der Waals surface area contributed by atoms with E-state index in [4.69, 9.17) is 0 Å². The number of imide groups is 1. The molecule has 2 N–H and O–H groups in total. The van der Waals surface area contributed by atoms with Gasteiger partial charge in [0.1, 0.15) is 0 Å². The molecule has 7 nitrogen and oxygen atoms in total. The van der Waals surface area contributed by atoms with Gasteiger partial charge in [0.15, 0.2) is 9.84 Å². The van der Waals surface area contributed by atoms with Crippen molar-refractivity contribution in [2.45, 2.75) is 24.3 Å². The van der Waals surface area contributed by atoms with Crippen molar-refractivity contribution in [1.82, 2.24) is 15.5 Å². The largest absolute Gasteiger partial charge is 0.341 e. The molecule has 0 bridgehead atoms. The molecule has 0 unspecified atom stereocenters. The van der Waals surface area contributed by atoms with Crippen molar-refractivity contribution in [3.63, 3.8) is 0 Å². The summed E-state index contributed by atoms with van der Waals surface area (Å²) in [7, 11) is 0.0994. The Morgan fingerprint density at radius 2 is 1.78 bits per heavy atom. The number of carbonyl (C=O) groups excluding carboxylic acids is 2. The standard InChI is InChI=1S/C15H23N3O4S/c1-11(12-5-7-13(8-6-12)23(4,21)22)18(3)10-9-14(19)17-15(20)16-2/h5-8,11H,9-10H2,1-4H3,(H2,16,17,19,20)/t11-/m0/s1. The molecule has 8 heteroatoms. The number of rotatable bonds is 6. The molecule has 3 amide bonds. The van der Waals surface area contributed by atoms with Crippen LogP contribution in [-0.2, 0) is 14.6 Å². The van der Waals surface area contributed by atoms with Crippen LogP contribution in [0.2, 0.25) is 0 Å². The number of amides is 3. The van der Waals surface area contributed by atoms with Gasteiger partial charge in [0.25, 0.3) is 0 Å². The van der Waals surface area contributed by atoms with Crippen LogP contribution in [0.4, 0.5) is 4.79 Å². The van der Waals surface area contributed by atoms with Gasteiger partial charge in [-0.25, -0.2) is 13.2 Å². The maximum atomic E-state index is 11.6. The minimum atomic E-state index is -3.21. The van der Waals surface area contributed by atoms with Crippen LogP contribution in [0.5, 0.6) is 0 Å². The molecule has 0 aliphatic rings. The van der Waals surface area contributed by atoms with Gasteiger partial charge in [-0.1, -0.05) is 12.1 Å². The highest BCUT2D eigenvalue weighted by atomic mass is 32.2. The monoisotopic (exact) mass is 341 g/mol. The first kappa shape index (κ1) is 19.1. The maximum Gasteiger partial charge on any atom is 0.321 e. The van der Waals surface area contributed by atoms with E-state index in [9.17, 15) is 18.0 Å². The highest BCUT2D eigenvalue weighted by Crippen LogP contribution is 2.20. The Morgan fingerprint density at radius 3 is 2.26 bits per heavy atom. The van der Waals surface area contributed by atoms with Crippen LogP contribution in [0, 0.1) is 0 Å². The molecule has 0 saturated carbocycles. The van der Waals surface area contributed by atoms with Gasteiger partial charge in [-0.05, 0) is 31.7 Å². The Hall–Kier alpha value is -1.93. The molecule has 0 aliphatic heterocycles. The zero-order chi connectivity index (χ0) is 17.6. The summed E-state index contributed by atoms with van der Waals surface area (Å²) in [4.78, 5) is 24.8. The average molecular weight is 341 g/mol. The summed E-state index contributed by atoms with van der Waals surface area (Å²) < 4.78 is 22.9. The Kier molecular flexibility index (Phi) is 6.71. The van der Waals surface area contributed by atoms with Gasteiger partial charge in [-0.15, -0.1) is 0 Å². The van der Waals surface area contributed by atoms with Crippen molar-refractivity contribution in [3.8, 4) is 0 Å². The van der Waals surface area contributed by atoms with Gasteiger partial charge in [-0.3, -0.25) is 15.0 Å². The first-order valence-corrected chi connectivity index (χ1v) is 9.06. The van der Waals surface area contributed by atoms with Crippen molar-refractivity contribution in [2.75, 3.05) is 26.9 Å². The molecule has 23 heavy (non-hydrogen) atoms. The molecular weight excluding hydrogens is 318 g/mol. The Labute approximate surface area is 137 Å². The second-order valence-corrected chi connectivity index (χ2v) is 7.39. The van der Waals surface area contributed by atoms with E-state index in [0.717, 1.165) is 5.56 Å². The summed E-state index contributed by atoms with van der Waals surface area (Å²) in [6.45, 7) is 2.43. The van der Waals surface area contributed by atoms with Crippen molar-refractivity contribution in [1.29, 1.82) is 0 Å². The van der Waals surface area contributed by atoms with Crippen molar-refractivity contribution >= 4 is 21.8 Å². The first-order chi connectivity index (χ1) is 10.6. The lowest BCUT2D eigenvalue weighted by Gasteiger charge is -2.25. The van der Waals surface area contributed by atoms with Crippen LogP contribution in [0.3, 0.4) is 0 Å². The van der Waals surface area contributed by atoms with Gasteiger partial charge in [0.05, 0.1) is 4.90 Å². The Bertz CT molecular complexity index is 656. The second kappa shape index (κ2) is 8.07. The summed E-state index contributed by atoms with van der Waals surface area (Å²) >= 11 is 0. The molecule has 0 spiro atoms. The lowest BCUT2D eigenvalue weighted by atomic mass is 10.1. The average Bonchev–Trinajstić information content (AvgIpc) is 2.51. The predicted octanol–water partition coefficient (Wildman–Crippen LogP) is 0.929. The van der Waals surface area contributed by atoms with Gasteiger partial charge < -0.3 is 5.32 Å². The number of benzene rings is 1. The van der Waals surface area contributed by atoms with Crippen LogP contribution in [0.25, 0.3) is 0 Å². The number of hydrogen-bond acceptors (Lipinski definition) is 5. The predicted molar refractivity (Wildman–Crippen MR) is 87.8 cm³/mol. The molecular formula is C15H23N3O4S. The lowest BCUT2D eigenvalue weighted by Crippen LogP contribution is -2.39. The van der Waals surface area contributed by atoms with Crippen LogP contribution < -0.4 is 10.6 Å².